The first kappa shape index (κ1) is 9.92. The van der Waals surface area contributed by atoms with Gasteiger partial charge >= 0.3 is 5.97 Å². The molecule has 0 bridgehead atoms. The Balaban J connectivity index is 2.07. The van der Waals surface area contributed by atoms with E-state index in [4.69, 9.17) is 5.73 Å². The summed E-state index contributed by atoms with van der Waals surface area (Å²) in [6.07, 6.45) is 1.52. The molecule has 0 amide bonds. The number of hydrogen-bond acceptors (Lipinski definition) is 5. The number of pyridine rings is 1. The standard InChI is InChI=1S/C10H13N3O2/c1-15-10(14)7-2-3-9(12-4-7)13-5-8(11)6-13/h2-4,8H,5-6,11H2,1H3. The number of aromatic nitrogens is 1. The lowest BCUT2D eigenvalue weighted by molar-refractivity contribution is 0.0600. The Morgan fingerprint density at radius 2 is 2.33 bits per heavy atom. The van der Waals surface area contributed by atoms with Crippen LogP contribution in [0.5, 0.6) is 0 Å². The Hall–Kier alpha value is -1.62. The normalized spacial score (nSPS) is 16.0. The van der Waals surface area contributed by atoms with Gasteiger partial charge in [-0.25, -0.2) is 9.78 Å². The van der Waals surface area contributed by atoms with Crippen molar-refractivity contribution in [3.63, 3.8) is 0 Å². The van der Waals surface area contributed by atoms with E-state index in [2.05, 4.69) is 14.6 Å². The van der Waals surface area contributed by atoms with Crippen molar-refractivity contribution >= 4 is 11.8 Å². The summed E-state index contributed by atoms with van der Waals surface area (Å²) in [5.74, 6) is 0.485. The van der Waals surface area contributed by atoms with Gasteiger partial charge in [0.1, 0.15) is 5.82 Å². The molecule has 0 atom stereocenters. The van der Waals surface area contributed by atoms with Crippen LogP contribution < -0.4 is 10.6 Å². The zero-order valence-electron chi connectivity index (χ0n) is 8.51. The van der Waals surface area contributed by atoms with E-state index < -0.39 is 0 Å². The van der Waals surface area contributed by atoms with E-state index in [-0.39, 0.29) is 12.0 Å². The molecule has 2 rings (SSSR count). The summed E-state index contributed by atoms with van der Waals surface area (Å²) in [6.45, 7) is 1.65. The van der Waals surface area contributed by atoms with Crippen molar-refractivity contribution in [1.82, 2.24) is 4.98 Å². The molecule has 1 aromatic heterocycles. The fraction of sp³-hybridized carbons (Fsp3) is 0.400. The highest BCUT2D eigenvalue weighted by atomic mass is 16.5. The average molecular weight is 207 g/mol. The Bertz CT molecular complexity index is 357. The lowest BCUT2D eigenvalue weighted by Gasteiger charge is -2.37. The average Bonchev–Trinajstić information content (AvgIpc) is 2.24. The predicted octanol–water partition coefficient (Wildman–Crippen LogP) is 0.0155. The van der Waals surface area contributed by atoms with E-state index in [1.165, 1.54) is 13.3 Å². The molecule has 0 spiro atoms. The van der Waals surface area contributed by atoms with E-state index in [0.717, 1.165) is 18.9 Å². The summed E-state index contributed by atoms with van der Waals surface area (Å²) in [5.41, 5.74) is 6.13. The third-order valence-electron chi connectivity index (χ3n) is 2.40. The maximum absolute atomic E-state index is 11.1. The van der Waals surface area contributed by atoms with Crippen molar-refractivity contribution in [3.8, 4) is 0 Å². The number of nitrogens with zero attached hydrogens (tertiary/aromatic N) is 2. The molecule has 0 unspecified atom stereocenters. The topological polar surface area (TPSA) is 68.5 Å². The third kappa shape index (κ3) is 1.92. The van der Waals surface area contributed by atoms with Crippen molar-refractivity contribution in [2.24, 2.45) is 5.73 Å². The molecule has 80 valence electrons. The first-order valence-corrected chi connectivity index (χ1v) is 4.75. The van der Waals surface area contributed by atoms with Gasteiger partial charge in [0.25, 0.3) is 0 Å². The monoisotopic (exact) mass is 207 g/mol. The maximum Gasteiger partial charge on any atom is 0.339 e. The lowest BCUT2D eigenvalue weighted by atomic mass is 10.1. The van der Waals surface area contributed by atoms with E-state index in [0.29, 0.717) is 5.56 Å². The molecule has 2 N–H and O–H groups in total. The van der Waals surface area contributed by atoms with Crippen molar-refractivity contribution in [3.05, 3.63) is 23.9 Å². The molecular formula is C10H13N3O2. The minimum absolute atomic E-state index is 0.243. The van der Waals surface area contributed by atoms with Gasteiger partial charge in [-0.2, -0.15) is 0 Å². The number of rotatable bonds is 2. The summed E-state index contributed by atoms with van der Waals surface area (Å²) < 4.78 is 4.58. The lowest BCUT2D eigenvalue weighted by Crippen LogP contribution is -2.56. The van der Waals surface area contributed by atoms with Crippen molar-refractivity contribution in [1.29, 1.82) is 0 Å². The molecule has 5 nitrogen and oxygen atoms in total. The fourth-order valence-electron chi connectivity index (χ4n) is 1.51. The molecule has 1 fully saturated rings. The zero-order valence-corrected chi connectivity index (χ0v) is 8.51. The highest BCUT2D eigenvalue weighted by Gasteiger charge is 2.24. The molecule has 1 aliphatic rings. The van der Waals surface area contributed by atoms with Crippen LogP contribution in [0.2, 0.25) is 0 Å². The molecule has 0 aromatic carbocycles. The van der Waals surface area contributed by atoms with Crippen LogP contribution in [0.3, 0.4) is 0 Å². The number of methoxy groups -OCH3 is 1. The van der Waals surface area contributed by atoms with Gasteiger partial charge in [0.05, 0.1) is 12.7 Å². The highest BCUT2D eigenvalue weighted by molar-refractivity contribution is 5.89. The van der Waals surface area contributed by atoms with Crippen LogP contribution in [-0.4, -0.2) is 37.2 Å². The molecule has 15 heavy (non-hydrogen) atoms. The predicted molar refractivity (Wildman–Crippen MR) is 55.8 cm³/mol. The molecule has 1 saturated heterocycles. The zero-order chi connectivity index (χ0) is 10.8. The minimum atomic E-state index is -0.366. The smallest absolute Gasteiger partial charge is 0.339 e. The van der Waals surface area contributed by atoms with Crippen molar-refractivity contribution in [2.75, 3.05) is 25.1 Å². The van der Waals surface area contributed by atoms with Gasteiger partial charge in [-0.1, -0.05) is 0 Å². The molecule has 5 heteroatoms. The molecule has 0 radical (unpaired) electrons. The summed E-state index contributed by atoms with van der Waals surface area (Å²) >= 11 is 0. The van der Waals surface area contributed by atoms with Gasteiger partial charge in [-0.3, -0.25) is 0 Å². The van der Waals surface area contributed by atoms with Crippen molar-refractivity contribution < 1.29 is 9.53 Å². The fourth-order valence-corrected chi connectivity index (χ4v) is 1.51. The molecule has 2 heterocycles. The summed E-state index contributed by atoms with van der Waals surface area (Å²) in [4.78, 5) is 17.4. The van der Waals surface area contributed by atoms with Crippen LogP contribution in [-0.2, 0) is 4.74 Å². The van der Waals surface area contributed by atoms with Gasteiger partial charge in [-0.15, -0.1) is 0 Å². The van der Waals surface area contributed by atoms with Gasteiger partial charge < -0.3 is 15.4 Å². The minimum Gasteiger partial charge on any atom is -0.465 e. The van der Waals surface area contributed by atoms with E-state index in [1.807, 2.05) is 0 Å². The van der Waals surface area contributed by atoms with Crippen molar-refractivity contribution in [2.45, 2.75) is 6.04 Å². The summed E-state index contributed by atoms with van der Waals surface area (Å²) in [7, 11) is 1.35. The molecule has 1 aliphatic heterocycles. The Morgan fingerprint density at radius 3 is 2.80 bits per heavy atom. The SMILES string of the molecule is COC(=O)c1ccc(N2CC(N)C2)nc1. The molecule has 1 aromatic rings. The van der Waals surface area contributed by atoms with Gasteiger partial charge in [0.2, 0.25) is 0 Å². The summed E-state index contributed by atoms with van der Waals surface area (Å²) in [6, 6.07) is 3.75. The van der Waals surface area contributed by atoms with Crippen LogP contribution >= 0.6 is 0 Å². The number of ether oxygens (including phenoxy) is 1. The summed E-state index contributed by atoms with van der Waals surface area (Å²) in [5, 5.41) is 0. The largest absolute Gasteiger partial charge is 0.465 e. The number of esters is 1. The number of hydrogen-bond donors (Lipinski definition) is 1. The first-order chi connectivity index (χ1) is 7.20. The highest BCUT2D eigenvalue weighted by Crippen LogP contribution is 2.17. The maximum atomic E-state index is 11.1. The first-order valence-electron chi connectivity index (χ1n) is 4.75. The van der Waals surface area contributed by atoms with E-state index in [9.17, 15) is 4.79 Å². The van der Waals surface area contributed by atoms with Crippen LogP contribution in [0.15, 0.2) is 18.3 Å². The second-order valence-electron chi connectivity index (χ2n) is 3.56. The molecule has 0 saturated carbocycles. The molecular weight excluding hydrogens is 194 g/mol. The number of carbonyl (C=O) groups excluding carboxylic acids is 1. The Labute approximate surface area is 87.8 Å². The second kappa shape index (κ2) is 3.86. The third-order valence-corrected chi connectivity index (χ3v) is 2.40. The molecule has 0 aliphatic carbocycles. The quantitative estimate of drug-likeness (QED) is 0.692. The van der Waals surface area contributed by atoms with Gasteiger partial charge in [0.15, 0.2) is 0 Å². The van der Waals surface area contributed by atoms with E-state index in [1.54, 1.807) is 12.1 Å². The number of nitrogens with two attached hydrogens (primary N) is 1. The van der Waals surface area contributed by atoms with Crippen LogP contribution in [0.25, 0.3) is 0 Å². The van der Waals surface area contributed by atoms with Gasteiger partial charge in [0, 0.05) is 25.3 Å². The van der Waals surface area contributed by atoms with Crippen LogP contribution in [0, 0.1) is 0 Å². The Morgan fingerprint density at radius 1 is 1.60 bits per heavy atom. The number of anilines is 1. The van der Waals surface area contributed by atoms with Crippen LogP contribution in [0.4, 0.5) is 5.82 Å². The van der Waals surface area contributed by atoms with Gasteiger partial charge in [-0.05, 0) is 12.1 Å². The van der Waals surface area contributed by atoms with Crippen LogP contribution in [0.1, 0.15) is 10.4 Å². The second-order valence-corrected chi connectivity index (χ2v) is 3.56. The van der Waals surface area contributed by atoms with E-state index >= 15 is 0 Å². The Kier molecular flexibility index (Phi) is 2.55. The number of carbonyl (C=O) groups is 1.